The molecule has 2 unspecified atom stereocenters. The van der Waals surface area contributed by atoms with Crippen LogP contribution in [-0.2, 0) is 12.1 Å². The van der Waals surface area contributed by atoms with Crippen molar-refractivity contribution >= 4 is 16.6 Å². The second-order valence-corrected chi connectivity index (χ2v) is 8.44. The fourth-order valence-electron chi connectivity index (χ4n) is 4.41. The van der Waals surface area contributed by atoms with Gasteiger partial charge in [-0.15, -0.1) is 0 Å². The molecule has 182 valence electrons. The van der Waals surface area contributed by atoms with E-state index >= 15 is 4.39 Å². The molecule has 0 radical (unpaired) electrons. The van der Waals surface area contributed by atoms with Gasteiger partial charge in [0.25, 0.3) is 5.69 Å². The number of nitro benzene ring substituents is 1. The lowest BCUT2D eigenvalue weighted by Gasteiger charge is -2.35. The normalized spacial score (nSPS) is 14.0. The summed E-state index contributed by atoms with van der Waals surface area (Å²) in [6.07, 6.45) is 2.66. The van der Waals surface area contributed by atoms with Crippen molar-refractivity contribution in [2.75, 3.05) is 0 Å². The number of hydrogen-bond donors (Lipinski definition) is 1. The van der Waals surface area contributed by atoms with Crippen molar-refractivity contribution in [3.63, 3.8) is 0 Å². The highest BCUT2D eigenvalue weighted by Gasteiger charge is 2.42. The maximum atomic E-state index is 15.1. The lowest BCUT2D eigenvalue weighted by Crippen LogP contribution is -2.41. The van der Waals surface area contributed by atoms with Crippen LogP contribution in [0.15, 0.2) is 79.4 Å². The zero-order chi connectivity index (χ0) is 25.4. The number of aliphatic hydroxyl groups is 1. The number of halogens is 2. The van der Waals surface area contributed by atoms with Crippen LogP contribution >= 0.6 is 0 Å². The van der Waals surface area contributed by atoms with Crippen molar-refractivity contribution < 1.29 is 18.8 Å². The van der Waals surface area contributed by atoms with Gasteiger partial charge < -0.3 is 5.11 Å². The highest BCUT2D eigenvalue weighted by molar-refractivity contribution is 5.94. The first kappa shape index (κ1) is 23.2. The number of benzene rings is 3. The first-order valence-electron chi connectivity index (χ1n) is 11.0. The van der Waals surface area contributed by atoms with Crippen molar-refractivity contribution in [3.05, 3.63) is 107 Å². The van der Waals surface area contributed by atoms with Crippen molar-refractivity contribution in [1.29, 1.82) is 0 Å². The molecule has 0 aliphatic heterocycles. The van der Waals surface area contributed by atoms with Crippen molar-refractivity contribution in [1.82, 2.24) is 24.5 Å². The first-order valence-corrected chi connectivity index (χ1v) is 11.0. The zero-order valence-corrected chi connectivity index (χ0v) is 19.0. The molecule has 5 rings (SSSR count). The molecule has 0 saturated carbocycles. The van der Waals surface area contributed by atoms with Gasteiger partial charge in [-0.05, 0) is 19.1 Å². The lowest BCUT2D eigenvalue weighted by atomic mass is 9.86. The van der Waals surface area contributed by atoms with Crippen LogP contribution in [0.2, 0.25) is 0 Å². The molecule has 0 fully saturated rings. The molecule has 11 heteroatoms. The van der Waals surface area contributed by atoms with E-state index in [0.717, 1.165) is 6.07 Å². The van der Waals surface area contributed by atoms with Gasteiger partial charge in [0.15, 0.2) is 0 Å². The minimum atomic E-state index is -1.97. The van der Waals surface area contributed by atoms with E-state index in [1.807, 2.05) is 30.3 Å². The van der Waals surface area contributed by atoms with Crippen molar-refractivity contribution in [3.8, 4) is 11.3 Å². The molecule has 0 aliphatic rings. The Morgan fingerprint density at radius 3 is 2.56 bits per heavy atom. The summed E-state index contributed by atoms with van der Waals surface area (Å²) in [5.41, 5.74) is -0.598. The van der Waals surface area contributed by atoms with Crippen LogP contribution in [-0.4, -0.2) is 34.6 Å². The van der Waals surface area contributed by atoms with Gasteiger partial charge in [0.1, 0.15) is 29.9 Å². The van der Waals surface area contributed by atoms with Gasteiger partial charge in [-0.3, -0.25) is 14.8 Å². The molecule has 9 nitrogen and oxygen atoms in total. The van der Waals surface area contributed by atoms with Gasteiger partial charge in [0.05, 0.1) is 28.7 Å². The molecule has 5 aromatic rings. The molecule has 0 bridgehead atoms. The molecular weight excluding hydrogens is 470 g/mol. The Labute approximate surface area is 203 Å². The molecule has 2 aromatic heterocycles. The van der Waals surface area contributed by atoms with Crippen LogP contribution in [0.4, 0.5) is 14.5 Å². The van der Waals surface area contributed by atoms with Crippen molar-refractivity contribution in [2.24, 2.45) is 0 Å². The van der Waals surface area contributed by atoms with Crippen LogP contribution in [0, 0.1) is 21.7 Å². The van der Waals surface area contributed by atoms with Gasteiger partial charge in [-0.2, -0.15) is 10.2 Å². The summed E-state index contributed by atoms with van der Waals surface area (Å²) in [5.74, 6) is -1.72. The van der Waals surface area contributed by atoms with Gasteiger partial charge in [0, 0.05) is 34.7 Å². The van der Waals surface area contributed by atoms with Crippen LogP contribution < -0.4 is 0 Å². The van der Waals surface area contributed by atoms with Gasteiger partial charge in [-0.1, -0.05) is 36.4 Å². The minimum Gasteiger partial charge on any atom is -0.381 e. The van der Waals surface area contributed by atoms with Gasteiger partial charge in [-0.25, -0.2) is 18.4 Å². The number of rotatable bonds is 7. The SMILES string of the molecule is CC(n1nc2ccc([N+](=O)[O-])cc2c1-c1ccccc1)C(O)(Cn1cncn1)c1ccc(F)cc1F. The maximum Gasteiger partial charge on any atom is 0.270 e. The van der Waals surface area contributed by atoms with Crippen LogP contribution in [0.1, 0.15) is 18.5 Å². The lowest BCUT2D eigenvalue weighted by molar-refractivity contribution is -0.384. The molecule has 36 heavy (non-hydrogen) atoms. The first-order chi connectivity index (χ1) is 17.3. The highest BCUT2D eigenvalue weighted by atomic mass is 19.1. The highest BCUT2D eigenvalue weighted by Crippen LogP contribution is 2.41. The Balaban J connectivity index is 1.76. The van der Waals surface area contributed by atoms with Crippen molar-refractivity contribution in [2.45, 2.75) is 25.1 Å². The van der Waals surface area contributed by atoms with Crippen LogP contribution in [0.5, 0.6) is 0 Å². The minimum absolute atomic E-state index is 0.116. The predicted molar refractivity (Wildman–Crippen MR) is 127 cm³/mol. The smallest absolute Gasteiger partial charge is 0.270 e. The van der Waals surface area contributed by atoms with E-state index in [1.165, 1.54) is 46.3 Å². The third kappa shape index (κ3) is 3.99. The van der Waals surface area contributed by atoms with E-state index in [4.69, 9.17) is 0 Å². The van der Waals surface area contributed by atoms with Gasteiger partial charge >= 0.3 is 0 Å². The predicted octanol–water partition coefficient (Wildman–Crippen LogP) is 4.63. The Bertz CT molecular complexity index is 1560. The van der Waals surface area contributed by atoms with Crippen LogP contribution in [0.25, 0.3) is 22.2 Å². The molecule has 2 atom stereocenters. The van der Waals surface area contributed by atoms with E-state index in [2.05, 4.69) is 15.2 Å². The quantitative estimate of drug-likeness (QED) is 0.263. The fourth-order valence-corrected chi connectivity index (χ4v) is 4.41. The number of non-ortho nitro benzene ring substituents is 1. The Hall–Kier alpha value is -4.51. The average molecular weight is 490 g/mol. The van der Waals surface area contributed by atoms with E-state index in [9.17, 15) is 19.6 Å². The van der Waals surface area contributed by atoms with Crippen LogP contribution in [0.3, 0.4) is 0 Å². The monoisotopic (exact) mass is 490 g/mol. The largest absolute Gasteiger partial charge is 0.381 e. The number of fused-ring (bicyclic) bond motifs is 1. The Kier molecular flexibility index (Phi) is 5.77. The zero-order valence-electron chi connectivity index (χ0n) is 19.0. The maximum absolute atomic E-state index is 15.1. The number of aromatic nitrogens is 5. The summed E-state index contributed by atoms with van der Waals surface area (Å²) in [4.78, 5) is 14.9. The molecule has 0 aliphatic carbocycles. The molecular formula is C25H20F2N6O3. The summed E-state index contributed by atoms with van der Waals surface area (Å²) in [6.45, 7) is 1.42. The molecule has 2 heterocycles. The molecule has 3 aromatic carbocycles. The Morgan fingerprint density at radius 1 is 1.11 bits per heavy atom. The summed E-state index contributed by atoms with van der Waals surface area (Å²) in [7, 11) is 0. The summed E-state index contributed by atoms with van der Waals surface area (Å²) in [5, 5.41) is 32.7. The number of nitrogens with zero attached hydrogens (tertiary/aromatic N) is 6. The van der Waals surface area contributed by atoms with E-state index in [-0.39, 0.29) is 17.8 Å². The van der Waals surface area contributed by atoms with E-state index in [0.29, 0.717) is 28.2 Å². The molecule has 0 saturated heterocycles. The molecule has 0 spiro atoms. The second-order valence-electron chi connectivity index (χ2n) is 8.44. The summed E-state index contributed by atoms with van der Waals surface area (Å²) < 4.78 is 31.7. The van der Waals surface area contributed by atoms with E-state index < -0.39 is 28.2 Å². The molecule has 1 N–H and O–H groups in total. The summed E-state index contributed by atoms with van der Waals surface area (Å²) >= 11 is 0. The second kappa shape index (κ2) is 8.93. The standard InChI is InChI=1S/C25H20F2N6O3/c1-16(25(34,13-31-15-28-14-29-31)21-9-7-18(26)11-22(21)27)32-24(17-5-3-2-4-6-17)20-12-19(33(35)36)8-10-23(20)30-32/h2-12,14-16,34H,13H2,1H3. The topological polar surface area (TPSA) is 112 Å². The summed E-state index contributed by atoms with van der Waals surface area (Å²) in [6, 6.07) is 15.4. The Morgan fingerprint density at radius 2 is 1.89 bits per heavy atom. The molecule has 0 amide bonds. The average Bonchev–Trinajstić information content (AvgIpc) is 3.51. The van der Waals surface area contributed by atoms with Gasteiger partial charge in [0.2, 0.25) is 0 Å². The fraction of sp³-hybridized carbons (Fsp3) is 0.160. The van der Waals surface area contributed by atoms with E-state index in [1.54, 1.807) is 6.92 Å². The third-order valence-electron chi connectivity index (χ3n) is 6.26. The number of nitro groups is 1. The third-order valence-corrected chi connectivity index (χ3v) is 6.26. The number of hydrogen-bond acceptors (Lipinski definition) is 6.